The van der Waals surface area contributed by atoms with Crippen LogP contribution in [-0.4, -0.2) is 18.2 Å². The molecule has 2 aromatic heterocycles. The second-order valence-corrected chi connectivity index (χ2v) is 7.67. The molecular weight excluding hydrogens is 432 g/mol. The maximum Gasteiger partial charge on any atom is 0.251 e. The number of amides is 1. The number of carbonyl (C=O) groups excluding carboxylic acids is 1. The van der Waals surface area contributed by atoms with Crippen LogP contribution in [0.2, 0.25) is 0 Å². The Bertz CT molecular complexity index is 1240. The fourth-order valence-corrected chi connectivity index (χ4v) is 3.49. The largest absolute Gasteiger partial charge is 0.493 e. The molecule has 34 heavy (non-hydrogen) atoms. The van der Waals surface area contributed by atoms with Gasteiger partial charge in [0.25, 0.3) is 5.91 Å². The van der Waals surface area contributed by atoms with Crippen molar-refractivity contribution in [3.05, 3.63) is 101 Å². The highest BCUT2D eigenvalue weighted by molar-refractivity contribution is 6.03. The van der Waals surface area contributed by atoms with Gasteiger partial charge < -0.3 is 23.3 Å². The minimum atomic E-state index is -0.166. The Kier molecular flexibility index (Phi) is 7.13. The number of para-hydroxylation sites is 1. The molecule has 0 fully saturated rings. The van der Waals surface area contributed by atoms with Crippen LogP contribution in [0.4, 0.5) is 5.69 Å². The molecule has 0 spiro atoms. The summed E-state index contributed by atoms with van der Waals surface area (Å²) in [5.74, 6) is 2.42. The lowest BCUT2D eigenvalue weighted by molar-refractivity contribution is -0.114. The molecule has 0 aliphatic rings. The zero-order valence-electron chi connectivity index (χ0n) is 19.4. The molecular formula is C27H26N2O5. The quantitative estimate of drug-likeness (QED) is 0.299. The predicted octanol–water partition coefficient (Wildman–Crippen LogP) is 5.72. The number of rotatable bonds is 9. The number of benzene rings is 2. The molecule has 2 heterocycles. The molecule has 7 heteroatoms. The van der Waals surface area contributed by atoms with E-state index < -0.39 is 0 Å². The maximum absolute atomic E-state index is 13.1. The van der Waals surface area contributed by atoms with Crippen molar-refractivity contribution in [1.29, 1.82) is 0 Å². The van der Waals surface area contributed by atoms with Crippen LogP contribution in [0.5, 0.6) is 11.5 Å². The van der Waals surface area contributed by atoms with E-state index in [1.807, 2.05) is 68.4 Å². The van der Waals surface area contributed by atoms with E-state index >= 15 is 0 Å². The molecule has 0 atom stereocenters. The zero-order chi connectivity index (χ0) is 23.9. The van der Waals surface area contributed by atoms with Crippen molar-refractivity contribution in [2.24, 2.45) is 0 Å². The summed E-state index contributed by atoms with van der Waals surface area (Å²) in [7, 11) is 1.58. The Morgan fingerprint density at radius 3 is 2.56 bits per heavy atom. The van der Waals surface area contributed by atoms with Gasteiger partial charge >= 0.3 is 0 Å². The molecule has 0 saturated heterocycles. The van der Waals surface area contributed by atoms with Gasteiger partial charge in [-0.1, -0.05) is 29.4 Å². The van der Waals surface area contributed by atoms with E-state index in [9.17, 15) is 4.79 Å². The fourth-order valence-electron chi connectivity index (χ4n) is 3.49. The van der Waals surface area contributed by atoms with Gasteiger partial charge in [-0.25, -0.2) is 0 Å². The first-order chi connectivity index (χ1) is 16.5. The number of furan rings is 1. The van der Waals surface area contributed by atoms with Crippen molar-refractivity contribution in [2.75, 3.05) is 12.0 Å². The molecule has 4 rings (SSSR count). The van der Waals surface area contributed by atoms with Crippen molar-refractivity contribution < 1.29 is 23.2 Å². The van der Waals surface area contributed by atoms with Crippen molar-refractivity contribution in [2.45, 2.75) is 27.0 Å². The molecule has 1 amide bonds. The van der Waals surface area contributed by atoms with E-state index in [1.54, 1.807) is 30.4 Å². The second-order valence-electron chi connectivity index (χ2n) is 7.67. The molecule has 0 N–H and O–H groups in total. The van der Waals surface area contributed by atoms with Crippen LogP contribution in [0.25, 0.3) is 6.08 Å². The van der Waals surface area contributed by atoms with Crippen LogP contribution >= 0.6 is 0 Å². The number of ether oxygens (including phenoxy) is 2. The number of nitrogens with zero attached hydrogens (tertiary/aromatic N) is 2. The van der Waals surface area contributed by atoms with Gasteiger partial charge in [-0.15, -0.1) is 0 Å². The molecule has 2 aromatic carbocycles. The Labute approximate surface area is 198 Å². The zero-order valence-corrected chi connectivity index (χ0v) is 19.4. The Morgan fingerprint density at radius 2 is 1.88 bits per heavy atom. The molecule has 174 valence electrons. The standard InChI is InChI=1S/C27H26N2O5/c1-19-24(20(2)34-28-19)18-33-25-13-11-21(16-26(25)31-3)12-14-27(30)29(17-23-10-7-15-32-23)22-8-5-4-6-9-22/h4-16H,17-18H2,1-3H3/b14-12+. The van der Waals surface area contributed by atoms with Crippen molar-refractivity contribution in [3.63, 3.8) is 0 Å². The Morgan fingerprint density at radius 1 is 1.06 bits per heavy atom. The fraction of sp³-hybridized carbons (Fsp3) is 0.185. The van der Waals surface area contributed by atoms with Gasteiger partial charge in [0.15, 0.2) is 11.5 Å². The smallest absolute Gasteiger partial charge is 0.251 e. The van der Waals surface area contributed by atoms with E-state index in [1.165, 1.54) is 6.08 Å². The average Bonchev–Trinajstić information content (AvgIpc) is 3.50. The van der Waals surface area contributed by atoms with Gasteiger partial charge in [0.1, 0.15) is 18.1 Å². The number of methoxy groups -OCH3 is 1. The summed E-state index contributed by atoms with van der Waals surface area (Å²) in [4.78, 5) is 14.7. The molecule has 0 aliphatic heterocycles. The third-order valence-corrected chi connectivity index (χ3v) is 5.39. The lowest BCUT2D eigenvalue weighted by Gasteiger charge is -2.20. The van der Waals surface area contributed by atoms with Gasteiger partial charge in [0.05, 0.1) is 31.2 Å². The summed E-state index contributed by atoms with van der Waals surface area (Å²) in [5.41, 5.74) is 3.30. The summed E-state index contributed by atoms with van der Waals surface area (Å²) in [6.07, 6.45) is 4.89. The maximum atomic E-state index is 13.1. The van der Waals surface area contributed by atoms with Crippen LogP contribution in [0, 0.1) is 13.8 Å². The molecule has 0 saturated carbocycles. The third-order valence-electron chi connectivity index (χ3n) is 5.39. The minimum Gasteiger partial charge on any atom is -0.493 e. The van der Waals surface area contributed by atoms with Gasteiger partial charge in [-0.2, -0.15) is 0 Å². The molecule has 7 nitrogen and oxygen atoms in total. The van der Waals surface area contributed by atoms with E-state index in [0.717, 1.165) is 28.3 Å². The Balaban J connectivity index is 1.49. The van der Waals surface area contributed by atoms with Crippen LogP contribution in [0.15, 0.2) is 81.9 Å². The van der Waals surface area contributed by atoms with Crippen LogP contribution in [0.1, 0.15) is 28.3 Å². The average molecular weight is 459 g/mol. The van der Waals surface area contributed by atoms with Crippen LogP contribution < -0.4 is 14.4 Å². The monoisotopic (exact) mass is 458 g/mol. The van der Waals surface area contributed by atoms with Crippen LogP contribution in [-0.2, 0) is 17.9 Å². The molecule has 0 unspecified atom stereocenters. The SMILES string of the molecule is COc1cc(/C=C/C(=O)N(Cc2ccco2)c2ccccc2)ccc1OCc1c(C)noc1C. The highest BCUT2D eigenvalue weighted by atomic mass is 16.5. The lowest BCUT2D eigenvalue weighted by atomic mass is 10.1. The molecule has 4 aromatic rings. The third kappa shape index (κ3) is 5.38. The second kappa shape index (κ2) is 10.6. The van der Waals surface area contributed by atoms with Gasteiger partial charge in [0.2, 0.25) is 0 Å². The lowest BCUT2D eigenvalue weighted by Crippen LogP contribution is -2.28. The summed E-state index contributed by atoms with van der Waals surface area (Å²) in [6.45, 7) is 4.38. The summed E-state index contributed by atoms with van der Waals surface area (Å²) in [6, 6.07) is 18.7. The molecule has 0 aliphatic carbocycles. The van der Waals surface area contributed by atoms with E-state index in [-0.39, 0.29) is 5.91 Å². The number of aryl methyl sites for hydroxylation is 2. The van der Waals surface area contributed by atoms with Gasteiger partial charge in [-0.05, 0) is 61.9 Å². The summed E-state index contributed by atoms with van der Waals surface area (Å²) in [5, 5.41) is 3.95. The number of hydrogen-bond acceptors (Lipinski definition) is 6. The topological polar surface area (TPSA) is 77.9 Å². The number of hydrogen-bond donors (Lipinski definition) is 0. The highest BCUT2D eigenvalue weighted by Crippen LogP contribution is 2.30. The van der Waals surface area contributed by atoms with Crippen molar-refractivity contribution >= 4 is 17.7 Å². The highest BCUT2D eigenvalue weighted by Gasteiger charge is 2.16. The first kappa shape index (κ1) is 22.9. The Hall–Kier alpha value is -4.26. The van der Waals surface area contributed by atoms with Gasteiger partial charge in [0, 0.05) is 11.8 Å². The van der Waals surface area contributed by atoms with E-state index in [2.05, 4.69) is 5.16 Å². The summed E-state index contributed by atoms with van der Waals surface area (Å²) < 4.78 is 22.1. The van der Waals surface area contributed by atoms with Crippen LogP contribution in [0.3, 0.4) is 0 Å². The van der Waals surface area contributed by atoms with E-state index in [4.69, 9.17) is 18.4 Å². The molecule has 0 bridgehead atoms. The first-order valence-electron chi connectivity index (χ1n) is 10.8. The van der Waals surface area contributed by atoms with Gasteiger partial charge in [-0.3, -0.25) is 4.79 Å². The normalized spacial score (nSPS) is 11.0. The number of aromatic nitrogens is 1. The van der Waals surface area contributed by atoms with E-state index in [0.29, 0.717) is 30.4 Å². The summed E-state index contributed by atoms with van der Waals surface area (Å²) >= 11 is 0. The predicted molar refractivity (Wildman–Crippen MR) is 129 cm³/mol. The minimum absolute atomic E-state index is 0.166. The number of carbonyl (C=O) groups is 1. The van der Waals surface area contributed by atoms with Crippen molar-refractivity contribution in [1.82, 2.24) is 5.16 Å². The molecule has 0 radical (unpaired) electrons. The first-order valence-corrected chi connectivity index (χ1v) is 10.8. The van der Waals surface area contributed by atoms with Crippen molar-refractivity contribution in [3.8, 4) is 11.5 Å². The number of anilines is 1.